The van der Waals surface area contributed by atoms with Crippen molar-refractivity contribution in [2.45, 2.75) is 20.1 Å². The third-order valence-corrected chi connectivity index (χ3v) is 5.85. The average Bonchev–Trinajstić information content (AvgIpc) is 2.75. The van der Waals surface area contributed by atoms with Gasteiger partial charge in [-0.25, -0.2) is 0 Å². The lowest BCUT2D eigenvalue weighted by Gasteiger charge is -2.26. The number of benzene rings is 2. The zero-order valence-electron chi connectivity index (χ0n) is 17.6. The van der Waals surface area contributed by atoms with Crippen molar-refractivity contribution in [3.8, 4) is 11.5 Å². The van der Waals surface area contributed by atoms with Gasteiger partial charge in [-0.1, -0.05) is 24.3 Å². The van der Waals surface area contributed by atoms with E-state index < -0.39 is 6.61 Å². The summed E-state index contributed by atoms with van der Waals surface area (Å²) in [6.45, 7) is 2.04. The van der Waals surface area contributed by atoms with Crippen LogP contribution in [0.5, 0.6) is 11.5 Å². The Hall–Kier alpha value is -2.58. The molecule has 0 bridgehead atoms. The molecule has 1 amide bonds. The fourth-order valence-corrected chi connectivity index (χ4v) is 4.34. The SMILES string of the molecule is COc1cccc(C=CC(=O)Nc2ccc(CN3CCSCC3)cc2C)c1OC(F)F. The van der Waals surface area contributed by atoms with Gasteiger partial charge in [-0.2, -0.15) is 20.5 Å². The zero-order valence-corrected chi connectivity index (χ0v) is 18.4. The number of nitrogens with one attached hydrogen (secondary N) is 1. The molecular weight excluding hydrogens is 422 g/mol. The van der Waals surface area contributed by atoms with Crippen LogP contribution in [-0.2, 0) is 11.3 Å². The van der Waals surface area contributed by atoms with E-state index in [1.807, 2.05) is 30.8 Å². The van der Waals surface area contributed by atoms with Crippen LogP contribution in [0.2, 0.25) is 0 Å². The molecular formula is C23H26F2N2O3S. The van der Waals surface area contributed by atoms with E-state index in [-0.39, 0.29) is 17.4 Å². The molecule has 1 saturated heterocycles. The number of carbonyl (C=O) groups is 1. The normalized spacial score (nSPS) is 14.7. The van der Waals surface area contributed by atoms with Gasteiger partial charge in [0, 0.05) is 48.5 Å². The molecule has 1 N–H and O–H groups in total. The van der Waals surface area contributed by atoms with Crippen molar-refractivity contribution in [1.82, 2.24) is 4.90 Å². The molecule has 5 nitrogen and oxygen atoms in total. The molecule has 1 fully saturated rings. The molecule has 0 aromatic heterocycles. The van der Waals surface area contributed by atoms with Crippen LogP contribution in [0.1, 0.15) is 16.7 Å². The first-order valence-corrected chi connectivity index (χ1v) is 11.1. The van der Waals surface area contributed by atoms with Crippen molar-refractivity contribution in [2.75, 3.05) is 37.0 Å². The highest BCUT2D eigenvalue weighted by atomic mass is 32.2. The van der Waals surface area contributed by atoms with Gasteiger partial charge in [0.15, 0.2) is 11.5 Å². The Bertz CT molecular complexity index is 931. The number of para-hydroxylation sites is 1. The highest BCUT2D eigenvalue weighted by Crippen LogP contribution is 2.33. The first kappa shape index (κ1) is 23.1. The summed E-state index contributed by atoms with van der Waals surface area (Å²) >= 11 is 1.98. The molecule has 0 spiro atoms. The Kier molecular flexibility index (Phi) is 8.31. The van der Waals surface area contributed by atoms with E-state index in [0.717, 1.165) is 36.7 Å². The van der Waals surface area contributed by atoms with E-state index >= 15 is 0 Å². The van der Waals surface area contributed by atoms with Crippen LogP contribution in [0.4, 0.5) is 14.5 Å². The Morgan fingerprint density at radius 1 is 1.26 bits per heavy atom. The summed E-state index contributed by atoms with van der Waals surface area (Å²) in [6.07, 6.45) is 2.71. The van der Waals surface area contributed by atoms with Crippen molar-refractivity contribution in [3.05, 3.63) is 59.2 Å². The van der Waals surface area contributed by atoms with Crippen molar-refractivity contribution in [3.63, 3.8) is 0 Å². The standard InChI is InChI=1S/C23H26F2N2O3S/c1-16-14-17(15-27-10-12-31-13-11-27)6-8-19(16)26-21(28)9-7-18-4-3-5-20(29-2)22(18)30-23(24)25/h3-9,14,23H,10-13,15H2,1-2H3,(H,26,28). The Morgan fingerprint density at radius 2 is 2.03 bits per heavy atom. The van der Waals surface area contributed by atoms with E-state index in [4.69, 9.17) is 4.74 Å². The molecule has 2 aromatic carbocycles. The largest absolute Gasteiger partial charge is 0.493 e. The van der Waals surface area contributed by atoms with Crippen molar-refractivity contribution in [1.29, 1.82) is 0 Å². The van der Waals surface area contributed by atoms with E-state index in [1.54, 1.807) is 12.1 Å². The zero-order chi connectivity index (χ0) is 22.2. The third kappa shape index (κ3) is 6.70. The highest BCUT2D eigenvalue weighted by Gasteiger charge is 2.14. The number of ether oxygens (including phenoxy) is 2. The first-order chi connectivity index (χ1) is 15.0. The number of methoxy groups -OCH3 is 1. The van der Waals surface area contributed by atoms with Gasteiger partial charge in [0.05, 0.1) is 7.11 Å². The van der Waals surface area contributed by atoms with Gasteiger partial charge in [0.1, 0.15) is 0 Å². The summed E-state index contributed by atoms with van der Waals surface area (Å²) in [6, 6.07) is 10.7. The number of nitrogens with zero attached hydrogens (tertiary/aromatic N) is 1. The van der Waals surface area contributed by atoms with E-state index in [0.29, 0.717) is 11.3 Å². The monoisotopic (exact) mass is 448 g/mol. The first-order valence-electron chi connectivity index (χ1n) is 9.97. The minimum absolute atomic E-state index is 0.110. The second-order valence-electron chi connectivity index (χ2n) is 7.12. The molecule has 0 unspecified atom stereocenters. The molecule has 0 saturated carbocycles. The lowest BCUT2D eigenvalue weighted by atomic mass is 10.1. The third-order valence-electron chi connectivity index (χ3n) is 4.91. The van der Waals surface area contributed by atoms with Crippen LogP contribution in [0.25, 0.3) is 6.08 Å². The number of halogens is 2. The summed E-state index contributed by atoms with van der Waals surface area (Å²) in [5.41, 5.74) is 3.21. The maximum absolute atomic E-state index is 12.7. The Morgan fingerprint density at radius 3 is 2.71 bits per heavy atom. The van der Waals surface area contributed by atoms with Gasteiger partial charge >= 0.3 is 6.61 Å². The summed E-state index contributed by atoms with van der Waals surface area (Å²) < 4.78 is 35.1. The average molecular weight is 449 g/mol. The van der Waals surface area contributed by atoms with Crippen LogP contribution in [0, 0.1) is 6.92 Å². The highest BCUT2D eigenvalue weighted by molar-refractivity contribution is 7.99. The number of thioether (sulfide) groups is 1. The predicted molar refractivity (Wildman–Crippen MR) is 121 cm³/mol. The number of hydrogen-bond donors (Lipinski definition) is 1. The van der Waals surface area contributed by atoms with Crippen LogP contribution in [-0.4, -0.2) is 49.1 Å². The topological polar surface area (TPSA) is 50.8 Å². The second kappa shape index (κ2) is 11.2. The Labute approximate surface area is 185 Å². The summed E-state index contributed by atoms with van der Waals surface area (Å²) in [4.78, 5) is 14.8. The molecule has 1 aliphatic rings. The van der Waals surface area contributed by atoms with E-state index in [9.17, 15) is 13.6 Å². The molecule has 0 radical (unpaired) electrons. The van der Waals surface area contributed by atoms with Crippen LogP contribution in [0.3, 0.4) is 0 Å². The minimum Gasteiger partial charge on any atom is -0.493 e. The molecule has 1 aliphatic heterocycles. The van der Waals surface area contributed by atoms with Gasteiger partial charge in [-0.15, -0.1) is 0 Å². The fourth-order valence-electron chi connectivity index (χ4n) is 3.36. The lowest BCUT2D eigenvalue weighted by molar-refractivity contribution is -0.111. The smallest absolute Gasteiger partial charge is 0.387 e. The summed E-state index contributed by atoms with van der Waals surface area (Å²) in [7, 11) is 1.37. The molecule has 3 rings (SSSR count). The number of anilines is 1. The van der Waals surface area contributed by atoms with E-state index in [2.05, 4.69) is 21.0 Å². The quantitative estimate of drug-likeness (QED) is 0.588. The molecule has 1 heterocycles. The number of amides is 1. The van der Waals surface area contributed by atoms with Crippen molar-refractivity contribution >= 4 is 29.4 Å². The maximum Gasteiger partial charge on any atom is 0.387 e. The minimum atomic E-state index is -3.00. The molecule has 8 heteroatoms. The van der Waals surface area contributed by atoms with Crippen molar-refractivity contribution < 1.29 is 23.0 Å². The lowest BCUT2D eigenvalue weighted by Crippen LogP contribution is -2.31. The number of carbonyl (C=O) groups excluding carboxylic acids is 1. The van der Waals surface area contributed by atoms with Gasteiger partial charge in [-0.3, -0.25) is 9.69 Å². The molecule has 0 aliphatic carbocycles. The van der Waals surface area contributed by atoms with Gasteiger partial charge in [0.25, 0.3) is 0 Å². The number of alkyl halides is 2. The molecule has 2 aromatic rings. The van der Waals surface area contributed by atoms with Gasteiger partial charge in [0.2, 0.25) is 5.91 Å². The molecule has 166 valence electrons. The predicted octanol–water partition coefficient (Wildman–Crippen LogP) is 4.81. The maximum atomic E-state index is 12.7. The van der Waals surface area contributed by atoms with Crippen LogP contribution in [0.15, 0.2) is 42.5 Å². The molecule has 31 heavy (non-hydrogen) atoms. The van der Waals surface area contributed by atoms with Crippen LogP contribution >= 0.6 is 11.8 Å². The van der Waals surface area contributed by atoms with Crippen molar-refractivity contribution in [2.24, 2.45) is 0 Å². The number of hydrogen-bond acceptors (Lipinski definition) is 5. The van der Waals surface area contributed by atoms with Crippen LogP contribution < -0.4 is 14.8 Å². The summed E-state index contributed by atoms with van der Waals surface area (Å²) in [5.74, 6) is 2.02. The number of rotatable bonds is 8. The number of aryl methyl sites for hydroxylation is 1. The Balaban J connectivity index is 1.66. The fraction of sp³-hybridized carbons (Fsp3) is 0.348. The van der Waals surface area contributed by atoms with Gasteiger partial charge < -0.3 is 14.8 Å². The van der Waals surface area contributed by atoms with Gasteiger partial charge in [-0.05, 0) is 36.3 Å². The molecule has 0 atom stereocenters. The van der Waals surface area contributed by atoms with E-state index in [1.165, 1.54) is 30.9 Å². The second-order valence-corrected chi connectivity index (χ2v) is 8.34. The summed E-state index contributed by atoms with van der Waals surface area (Å²) in [5, 5.41) is 2.84.